The molecule has 0 bridgehead atoms. The van der Waals surface area contributed by atoms with Crippen molar-refractivity contribution in [3.8, 4) is 0 Å². The van der Waals surface area contributed by atoms with Gasteiger partial charge in [-0.3, -0.25) is 10.2 Å². The standard InChI is InChI=1S/C11H14N4OS/c1-7(6-10(16)15-12)17-11-13-8-4-2-3-5-9(8)14-11/h2-5,7H,6,12H2,1H3,(H,13,14)(H,15,16). The molecule has 90 valence electrons. The van der Waals surface area contributed by atoms with Crippen LogP contribution in [-0.2, 0) is 4.79 Å². The Bertz CT molecular complexity index is 492. The molecule has 1 atom stereocenters. The fourth-order valence-corrected chi connectivity index (χ4v) is 2.47. The summed E-state index contributed by atoms with van der Waals surface area (Å²) in [6.45, 7) is 1.97. The smallest absolute Gasteiger partial charge is 0.234 e. The minimum absolute atomic E-state index is 0.124. The van der Waals surface area contributed by atoms with E-state index in [0.29, 0.717) is 6.42 Å². The first kappa shape index (κ1) is 11.9. The molecule has 6 heteroatoms. The zero-order chi connectivity index (χ0) is 12.3. The van der Waals surface area contributed by atoms with Crippen molar-refractivity contribution in [2.75, 3.05) is 0 Å². The van der Waals surface area contributed by atoms with Crippen LogP contribution in [0.5, 0.6) is 0 Å². The van der Waals surface area contributed by atoms with E-state index in [4.69, 9.17) is 5.84 Å². The van der Waals surface area contributed by atoms with Gasteiger partial charge in [0.25, 0.3) is 0 Å². The molecule has 0 saturated heterocycles. The summed E-state index contributed by atoms with van der Waals surface area (Å²) in [6.07, 6.45) is 0.373. The number of H-pyrrole nitrogens is 1. The van der Waals surface area contributed by atoms with E-state index in [1.54, 1.807) is 0 Å². The van der Waals surface area contributed by atoms with E-state index in [-0.39, 0.29) is 11.2 Å². The van der Waals surface area contributed by atoms with Gasteiger partial charge in [-0.05, 0) is 12.1 Å². The maximum Gasteiger partial charge on any atom is 0.234 e. The van der Waals surface area contributed by atoms with Crippen molar-refractivity contribution in [3.63, 3.8) is 0 Å². The molecule has 1 heterocycles. The van der Waals surface area contributed by atoms with Crippen LogP contribution in [0.25, 0.3) is 11.0 Å². The number of para-hydroxylation sites is 2. The van der Waals surface area contributed by atoms with Crippen LogP contribution < -0.4 is 11.3 Å². The second-order valence-electron chi connectivity index (χ2n) is 3.76. The van der Waals surface area contributed by atoms with E-state index >= 15 is 0 Å². The van der Waals surface area contributed by atoms with Crippen LogP contribution >= 0.6 is 11.8 Å². The van der Waals surface area contributed by atoms with Gasteiger partial charge in [-0.15, -0.1) is 0 Å². The van der Waals surface area contributed by atoms with Crippen molar-refractivity contribution in [1.29, 1.82) is 0 Å². The van der Waals surface area contributed by atoms with E-state index in [2.05, 4.69) is 15.4 Å². The number of imidazole rings is 1. The minimum atomic E-state index is -0.166. The molecule has 2 aromatic rings. The van der Waals surface area contributed by atoms with Gasteiger partial charge in [0.1, 0.15) is 0 Å². The molecule has 0 aliphatic carbocycles. The number of benzene rings is 1. The van der Waals surface area contributed by atoms with Crippen LogP contribution in [0.15, 0.2) is 29.4 Å². The number of carbonyl (C=O) groups excluding carboxylic acids is 1. The normalized spacial score (nSPS) is 12.6. The number of rotatable bonds is 4. The van der Waals surface area contributed by atoms with E-state index in [1.807, 2.05) is 31.2 Å². The lowest BCUT2D eigenvalue weighted by Gasteiger charge is -2.06. The second kappa shape index (κ2) is 5.20. The lowest BCUT2D eigenvalue weighted by atomic mass is 10.3. The van der Waals surface area contributed by atoms with Crippen LogP contribution in [0.2, 0.25) is 0 Å². The molecule has 2 rings (SSSR count). The van der Waals surface area contributed by atoms with Gasteiger partial charge >= 0.3 is 0 Å². The SMILES string of the molecule is CC(CC(=O)NN)Sc1nc2ccccc2[nH]1. The molecule has 0 saturated carbocycles. The van der Waals surface area contributed by atoms with E-state index in [0.717, 1.165) is 16.2 Å². The van der Waals surface area contributed by atoms with Crippen LogP contribution in [0.4, 0.5) is 0 Å². The zero-order valence-electron chi connectivity index (χ0n) is 9.43. The summed E-state index contributed by atoms with van der Waals surface area (Å²) < 4.78 is 0. The third-order valence-electron chi connectivity index (χ3n) is 2.31. The van der Waals surface area contributed by atoms with Crippen molar-refractivity contribution < 1.29 is 4.79 Å². The van der Waals surface area contributed by atoms with Gasteiger partial charge in [0.15, 0.2) is 5.16 Å². The summed E-state index contributed by atoms with van der Waals surface area (Å²) in [5, 5.41) is 0.947. The number of aromatic nitrogens is 2. The zero-order valence-corrected chi connectivity index (χ0v) is 10.3. The summed E-state index contributed by atoms with van der Waals surface area (Å²) in [5.74, 6) is 4.88. The summed E-state index contributed by atoms with van der Waals surface area (Å²) in [6, 6.07) is 7.83. The van der Waals surface area contributed by atoms with Crippen LogP contribution in [0.3, 0.4) is 0 Å². The third-order valence-corrected chi connectivity index (χ3v) is 3.30. The fourth-order valence-electron chi connectivity index (χ4n) is 1.54. The molecule has 4 N–H and O–H groups in total. The molecule has 1 amide bonds. The highest BCUT2D eigenvalue weighted by atomic mass is 32.2. The minimum Gasteiger partial charge on any atom is -0.333 e. The van der Waals surface area contributed by atoms with E-state index in [1.165, 1.54) is 11.8 Å². The lowest BCUT2D eigenvalue weighted by Crippen LogP contribution is -2.31. The topological polar surface area (TPSA) is 83.8 Å². The number of fused-ring (bicyclic) bond motifs is 1. The largest absolute Gasteiger partial charge is 0.333 e. The number of nitrogens with one attached hydrogen (secondary N) is 2. The lowest BCUT2D eigenvalue weighted by molar-refractivity contribution is -0.121. The van der Waals surface area contributed by atoms with Crippen molar-refractivity contribution in [1.82, 2.24) is 15.4 Å². The number of amides is 1. The maximum absolute atomic E-state index is 11.1. The number of aromatic amines is 1. The summed E-state index contributed by atoms with van der Waals surface area (Å²) >= 11 is 1.53. The maximum atomic E-state index is 11.1. The second-order valence-corrected chi connectivity index (χ2v) is 5.19. The molecule has 0 fully saturated rings. The first-order valence-electron chi connectivity index (χ1n) is 5.30. The van der Waals surface area contributed by atoms with Gasteiger partial charge < -0.3 is 4.98 Å². The van der Waals surface area contributed by atoms with Gasteiger partial charge in [0.05, 0.1) is 11.0 Å². The Kier molecular flexibility index (Phi) is 3.65. The van der Waals surface area contributed by atoms with E-state index in [9.17, 15) is 4.79 Å². The number of hydrogen-bond acceptors (Lipinski definition) is 4. The predicted molar refractivity (Wildman–Crippen MR) is 68.4 cm³/mol. The van der Waals surface area contributed by atoms with Crippen LogP contribution in [0, 0.1) is 0 Å². The Labute approximate surface area is 103 Å². The predicted octanol–water partition coefficient (Wildman–Crippen LogP) is 1.42. The number of nitrogens with zero attached hydrogens (tertiary/aromatic N) is 1. The Balaban J connectivity index is 2.05. The Morgan fingerprint density at radius 3 is 3.06 bits per heavy atom. The monoisotopic (exact) mass is 250 g/mol. The number of thioether (sulfide) groups is 1. The first-order valence-corrected chi connectivity index (χ1v) is 6.18. The summed E-state index contributed by atoms with van der Waals surface area (Å²) in [4.78, 5) is 18.7. The number of nitrogens with two attached hydrogens (primary N) is 1. The number of hydrazine groups is 1. The number of carbonyl (C=O) groups is 1. The molecule has 1 unspecified atom stereocenters. The molecule has 1 aromatic carbocycles. The highest BCUT2D eigenvalue weighted by Gasteiger charge is 2.11. The molecule has 5 nitrogen and oxygen atoms in total. The average molecular weight is 250 g/mol. The molecule has 17 heavy (non-hydrogen) atoms. The Morgan fingerprint density at radius 2 is 2.35 bits per heavy atom. The molecular formula is C11H14N4OS. The highest BCUT2D eigenvalue weighted by Crippen LogP contribution is 2.24. The van der Waals surface area contributed by atoms with E-state index < -0.39 is 0 Å². The summed E-state index contributed by atoms with van der Waals surface area (Å²) in [7, 11) is 0. The third kappa shape index (κ3) is 2.98. The molecule has 0 aliphatic heterocycles. The molecule has 0 spiro atoms. The first-order chi connectivity index (χ1) is 8.19. The van der Waals surface area contributed by atoms with Gasteiger partial charge in [-0.1, -0.05) is 30.8 Å². The van der Waals surface area contributed by atoms with Gasteiger partial charge in [-0.25, -0.2) is 10.8 Å². The highest BCUT2D eigenvalue weighted by molar-refractivity contribution is 7.99. The number of hydrogen-bond donors (Lipinski definition) is 3. The van der Waals surface area contributed by atoms with Crippen molar-refractivity contribution in [2.24, 2.45) is 5.84 Å². The van der Waals surface area contributed by atoms with Gasteiger partial charge in [-0.2, -0.15) is 0 Å². The molecule has 0 aliphatic rings. The van der Waals surface area contributed by atoms with Gasteiger partial charge in [0, 0.05) is 11.7 Å². The fraction of sp³-hybridized carbons (Fsp3) is 0.273. The van der Waals surface area contributed by atoms with Crippen LogP contribution in [-0.4, -0.2) is 21.1 Å². The van der Waals surface area contributed by atoms with Gasteiger partial charge in [0.2, 0.25) is 5.91 Å². The Hall–Kier alpha value is -1.53. The van der Waals surface area contributed by atoms with Crippen molar-refractivity contribution in [3.05, 3.63) is 24.3 Å². The quantitative estimate of drug-likeness (QED) is 0.332. The Morgan fingerprint density at radius 1 is 1.59 bits per heavy atom. The van der Waals surface area contributed by atoms with Crippen molar-refractivity contribution >= 4 is 28.7 Å². The average Bonchev–Trinajstić information content (AvgIpc) is 2.70. The molecule has 0 radical (unpaired) electrons. The van der Waals surface area contributed by atoms with Crippen LogP contribution in [0.1, 0.15) is 13.3 Å². The molecule has 1 aromatic heterocycles. The van der Waals surface area contributed by atoms with Crippen molar-refractivity contribution in [2.45, 2.75) is 23.8 Å². The molecular weight excluding hydrogens is 236 g/mol. The summed E-state index contributed by atoms with van der Waals surface area (Å²) in [5.41, 5.74) is 4.07.